The van der Waals surface area contributed by atoms with E-state index in [-0.39, 0.29) is 0 Å². The van der Waals surface area contributed by atoms with Gasteiger partial charge in [0.2, 0.25) is 5.95 Å². The molecule has 0 unspecified atom stereocenters. The average Bonchev–Trinajstić information content (AvgIpc) is 2.85. The quantitative estimate of drug-likeness (QED) is 0.712. The van der Waals surface area contributed by atoms with Crippen molar-refractivity contribution in [3.8, 4) is 0 Å². The van der Waals surface area contributed by atoms with E-state index in [4.69, 9.17) is 5.73 Å². The summed E-state index contributed by atoms with van der Waals surface area (Å²) >= 11 is 1.60. The topological polar surface area (TPSA) is 63.8 Å². The molecule has 2 rings (SSSR count). The van der Waals surface area contributed by atoms with Gasteiger partial charge >= 0.3 is 0 Å². The largest absolute Gasteiger partial charge is 0.369 e. The monoisotopic (exact) mass is 292 g/mol. The Morgan fingerprint density at radius 3 is 2.80 bits per heavy atom. The Labute approximate surface area is 124 Å². The Hall–Kier alpha value is -1.36. The van der Waals surface area contributed by atoms with Crippen LogP contribution in [0.15, 0.2) is 11.4 Å². The van der Waals surface area contributed by atoms with Gasteiger partial charge in [0.1, 0.15) is 10.6 Å². The minimum Gasteiger partial charge on any atom is -0.369 e. The smallest absolute Gasteiger partial charge is 0.223 e. The van der Waals surface area contributed by atoms with Gasteiger partial charge in [0.15, 0.2) is 0 Å². The zero-order valence-electron chi connectivity index (χ0n) is 12.4. The highest BCUT2D eigenvalue weighted by Crippen LogP contribution is 2.25. The zero-order valence-corrected chi connectivity index (χ0v) is 13.2. The molecule has 0 spiro atoms. The van der Waals surface area contributed by atoms with Gasteiger partial charge in [0.05, 0.1) is 5.39 Å². The minimum atomic E-state index is 0.347. The summed E-state index contributed by atoms with van der Waals surface area (Å²) in [5, 5.41) is 6.49. The van der Waals surface area contributed by atoms with E-state index in [0.29, 0.717) is 5.95 Å². The van der Waals surface area contributed by atoms with Gasteiger partial charge in [-0.25, -0.2) is 4.98 Å². The SMILES string of the molecule is CC(C)CCCCCCNc1nc(N)nc2sccc12. The maximum atomic E-state index is 5.73. The molecule has 20 heavy (non-hydrogen) atoms. The molecule has 5 heteroatoms. The highest BCUT2D eigenvalue weighted by Gasteiger charge is 2.06. The van der Waals surface area contributed by atoms with Crippen molar-refractivity contribution in [2.75, 3.05) is 17.6 Å². The number of rotatable bonds is 8. The van der Waals surface area contributed by atoms with Crippen LogP contribution >= 0.6 is 11.3 Å². The third-order valence-electron chi connectivity index (χ3n) is 3.34. The predicted octanol–water partition coefficient (Wildman–Crippen LogP) is 4.29. The fourth-order valence-corrected chi connectivity index (χ4v) is 3.02. The molecule has 0 aliphatic carbocycles. The highest BCUT2D eigenvalue weighted by atomic mass is 32.1. The van der Waals surface area contributed by atoms with Gasteiger partial charge in [0.25, 0.3) is 0 Å². The van der Waals surface area contributed by atoms with Crippen LogP contribution < -0.4 is 11.1 Å². The standard InChI is InChI=1S/C15H24N4S/c1-11(2)7-5-3-4-6-9-17-13-12-8-10-20-14(12)19-15(16)18-13/h8,10-11H,3-7,9H2,1-2H3,(H3,16,17,18,19). The summed E-state index contributed by atoms with van der Waals surface area (Å²) in [7, 11) is 0. The zero-order chi connectivity index (χ0) is 14.4. The summed E-state index contributed by atoms with van der Waals surface area (Å²) in [6, 6.07) is 2.05. The van der Waals surface area contributed by atoms with Crippen molar-refractivity contribution < 1.29 is 0 Å². The molecule has 2 heterocycles. The third-order valence-corrected chi connectivity index (χ3v) is 4.15. The molecule has 3 N–H and O–H groups in total. The number of anilines is 2. The van der Waals surface area contributed by atoms with Crippen molar-refractivity contribution in [2.24, 2.45) is 5.92 Å². The van der Waals surface area contributed by atoms with Crippen molar-refractivity contribution in [1.29, 1.82) is 0 Å². The molecular weight excluding hydrogens is 268 g/mol. The summed E-state index contributed by atoms with van der Waals surface area (Å²) in [6.07, 6.45) is 6.44. The average molecular weight is 292 g/mol. The first-order valence-corrected chi connectivity index (χ1v) is 8.29. The van der Waals surface area contributed by atoms with Gasteiger partial charge < -0.3 is 11.1 Å². The lowest BCUT2D eigenvalue weighted by Gasteiger charge is -2.08. The van der Waals surface area contributed by atoms with Crippen LogP contribution in [0.25, 0.3) is 10.2 Å². The molecule has 0 aliphatic heterocycles. The van der Waals surface area contributed by atoms with Crippen molar-refractivity contribution >= 4 is 33.3 Å². The number of nitrogens with two attached hydrogens (primary N) is 1. The van der Waals surface area contributed by atoms with Crippen LogP contribution in [0, 0.1) is 5.92 Å². The van der Waals surface area contributed by atoms with Crippen molar-refractivity contribution in [3.63, 3.8) is 0 Å². The molecule has 0 aromatic carbocycles. The molecule has 0 saturated carbocycles. The molecule has 0 saturated heterocycles. The van der Waals surface area contributed by atoms with E-state index < -0.39 is 0 Å². The second kappa shape index (κ2) is 7.43. The van der Waals surface area contributed by atoms with Crippen LogP contribution in [-0.2, 0) is 0 Å². The van der Waals surface area contributed by atoms with Crippen LogP contribution in [0.2, 0.25) is 0 Å². The Bertz CT molecular complexity index is 536. The van der Waals surface area contributed by atoms with E-state index in [1.54, 1.807) is 11.3 Å². The summed E-state index contributed by atoms with van der Waals surface area (Å²) in [6.45, 7) is 5.52. The molecule has 2 aromatic rings. The third kappa shape index (κ3) is 4.34. The lowest BCUT2D eigenvalue weighted by Crippen LogP contribution is -2.06. The number of nitrogen functional groups attached to an aromatic ring is 1. The summed E-state index contributed by atoms with van der Waals surface area (Å²) in [5.41, 5.74) is 5.73. The number of unbranched alkanes of at least 4 members (excludes halogenated alkanes) is 3. The molecule has 0 atom stereocenters. The van der Waals surface area contributed by atoms with E-state index >= 15 is 0 Å². The Balaban J connectivity index is 1.74. The van der Waals surface area contributed by atoms with Crippen molar-refractivity contribution in [1.82, 2.24) is 9.97 Å². The summed E-state index contributed by atoms with van der Waals surface area (Å²) in [4.78, 5) is 9.48. The number of fused-ring (bicyclic) bond motifs is 1. The molecule has 0 radical (unpaired) electrons. The van der Waals surface area contributed by atoms with Gasteiger partial charge in [-0.15, -0.1) is 11.3 Å². The maximum absolute atomic E-state index is 5.73. The van der Waals surface area contributed by atoms with E-state index in [2.05, 4.69) is 29.1 Å². The fraction of sp³-hybridized carbons (Fsp3) is 0.600. The molecule has 0 amide bonds. The number of nitrogens with one attached hydrogen (secondary N) is 1. The van der Waals surface area contributed by atoms with E-state index in [1.807, 2.05) is 11.4 Å². The van der Waals surface area contributed by atoms with Crippen LogP contribution in [0.5, 0.6) is 0 Å². The van der Waals surface area contributed by atoms with Crippen LogP contribution in [0.3, 0.4) is 0 Å². The van der Waals surface area contributed by atoms with Crippen LogP contribution in [0.4, 0.5) is 11.8 Å². The second-order valence-corrected chi connectivity index (χ2v) is 6.49. The Kier molecular flexibility index (Phi) is 5.59. The number of aromatic nitrogens is 2. The molecule has 2 aromatic heterocycles. The van der Waals surface area contributed by atoms with Crippen LogP contribution in [-0.4, -0.2) is 16.5 Å². The lowest BCUT2D eigenvalue weighted by atomic mass is 10.0. The first-order chi connectivity index (χ1) is 9.66. The molecule has 4 nitrogen and oxygen atoms in total. The number of thiophene rings is 1. The molecular formula is C15H24N4S. The minimum absolute atomic E-state index is 0.347. The van der Waals surface area contributed by atoms with Crippen molar-refractivity contribution in [3.05, 3.63) is 11.4 Å². The molecule has 0 bridgehead atoms. The van der Waals surface area contributed by atoms with Gasteiger partial charge in [-0.05, 0) is 23.8 Å². The Morgan fingerprint density at radius 2 is 2.00 bits per heavy atom. The van der Waals surface area contributed by atoms with E-state index in [1.165, 1.54) is 32.1 Å². The molecule has 0 fully saturated rings. The number of nitrogens with zero attached hydrogens (tertiary/aromatic N) is 2. The normalized spacial score (nSPS) is 11.3. The van der Waals surface area contributed by atoms with Gasteiger partial charge in [-0.2, -0.15) is 4.98 Å². The molecule has 110 valence electrons. The maximum Gasteiger partial charge on any atom is 0.223 e. The van der Waals surface area contributed by atoms with E-state index in [0.717, 1.165) is 28.5 Å². The predicted molar refractivity (Wildman–Crippen MR) is 88.2 cm³/mol. The van der Waals surface area contributed by atoms with Crippen molar-refractivity contribution in [2.45, 2.75) is 46.0 Å². The molecule has 0 aliphatic rings. The Morgan fingerprint density at radius 1 is 1.20 bits per heavy atom. The number of hydrogen-bond acceptors (Lipinski definition) is 5. The number of hydrogen-bond donors (Lipinski definition) is 2. The fourth-order valence-electron chi connectivity index (χ4n) is 2.24. The van der Waals surface area contributed by atoms with E-state index in [9.17, 15) is 0 Å². The lowest BCUT2D eigenvalue weighted by molar-refractivity contribution is 0.523. The highest BCUT2D eigenvalue weighted by molar-refractivity contribution is 7.16. The second-order valence-electron chi connectivity index (χ2n) is 5.59. The first-order valence-electron chi connectivity index (χ1n) is 7.41. The van der Waals surface area contributed by atoms with Gasteiger partial charge in [-0.3, -0.25) is 0 Å². The van der Waals surface area contributed by atoms with Crippen LogP contribution in [0.1, 0.15) is 46.0 Å². The summed E-state index contributed by atoms with van der Waals surface area (Å²) in [5.74, 6) is 2.04. The summed E-state index contributed by atoms with van der Waals surface area (Å²) < 4.78 is 0. The van der Waals surface area contributed by atoms with Gasteiger partial charge in [0, 0.05) is 6.54 Å². The first kappa shape index (κ1) is 15.0. The van der Waals surface area contributed by atoms with Gasteiger partial charge in [-0.1, -0.05) is 39.5 Å².